The Labute approximate surface area is 188 Å². The second kappa shape index (κ2) is 8.41. The minimum absolute atomic E-state index is 0.193. The van der Waals surface area contributed by atoms with Crippen LogP contribution >= 0.6 is 22.9 Å². The van der Waals surface area contributed by atoms with Crippen LogP contribution in [0.2, 0.25) is 5.02 Å². The van der Waals surface area contributed by atoms with Crippen molar-refractivity contribution in [2.75, 3.05) is 11.0 Å². The van der Waals surface area contributed by atoms with Gasteiger partial charge in [-0.3, -0.25) is 9.52 Å². The van der Waals surface area contributed by atoms with Crippen LogP contribution in [0.1, 0.15) is 33.3 Å². The summed E-state index contributed by atoms with van der Waals surface area (Å²) in [6, 6.07) is 13.7. The first kappa shape index (κ1) is 21.5. The van der Waals surface area contributed by atoms with Crippen LogP contribution in [0.3, 0.4) is 0 Å². The van der Waals surface area contributed by atoms with Crippen LogP contribution in [-0.4, -0.2) is 31.3 Å². The Kier molecular flexibility index (Phi) is 5.83. The first-order valence-electron chi connectivity index (χ1n) is 9.19. The van der Waals surface area contributed by atoms with E-state index in [4.69, 9.17) is 11.6 Å². The molecule has 0 saturated heterocycles. The molecule has 0 unspecified atom stereocenters. The van der Waals surface area contributed by atoms with Crippen molar-refractivity contribution in [2.45, 2.75) is 12.5 Å². The van der Waals surface area contributed by atoms with Gasteiger partial charge in [0, 0.05) is 22.7 Å². The third kappa shape index (κ3) is 4.63. The van der Waals surface area contributed by atoms with Gasteiger partial charge in [0.25, 0.3) is 5.91 Å². The number of carbonyl (C=O) groups excluding carboxylic acids is 1. The number of anilines is 1. The van der Waals surface area contributed by atoms with Gasteiger partial charge in [0.2, 0.25) is 10.0 Å². The highest BCUT2D eigenvalue weighted by atomic mass is 35.5. The van der Waals surface area contributed by atoms with E-state index in [0.717, 1.165) is 6.26 Å². The van der Waals surface area contributed by atoms with Crippen LogP contribution in [-0.2, 0) is 10.0 Å². The quantitative estimate of drug-likeness (QED) is 0.567. The molecule has 2 aromatic carbocycles. The summed E-state index contributed by atoms with van der Waals surface area (Å²) in [5, 5.41) is 7.73. The lowest BCUT2D eigenvalue weighted by molar-refractivity contribution is 0.0714. The maximum Gasteiger partial charge on any atom is 0.284 e. The lowest BCUT2D eigenvalue weighted by Gasteiger charge is -2.22. The number of sulfonamides is 1. The maximum absolute atomic E-state index is 14.7. The van der Waals surface area contributed by atoms with Gasteiger partial charge in [0.15, 0.2) is 0 Å². The predicted molar refractivity (Wildman–Crippen MR) is 121 cm³/mol. The van der Waals surface area contributed by atoms with Gasteiger partial charge in [-0.15, -0.1) is 11.3 Å². The second-order valence-electron chi connectivity index (χ2n) is 6.98. The van der Waals surface area contributed by atoms with Crippen molar-refractivity contribution in [3.8, 4) is 0 Å². The first-order chi connectivity index (χ1) is 14.7. The average Bonchev–Trinajstić information content (AvgIpc) is 3.37. The van der Waals surface area contributed by atoms with Crippen LogP contribution in [0.15, 0.2) is 65.1 Å². The number of amides is 1. The fourth-order valence-corrected chi connectivity index (χ4v) is 4.91. The summed E-state index contributed by atoms with van der Waals surface area (Å²) < 4.78 is 40.3. The molecule has 1 aliphatic rings. The topological polar surface area (TPSA) is 78.8 Å². The van der Waals surface area contributed by atoms with Crippen molar-refractivity contribution < 1.29 is 17.6 Å². The minimum Gasteiger partial charge on any atom is -0.284 e. The van der Waals surface area contributed by atoms with E-state index in [9.17, 15) is 17.6 Å². The minimum atomic E-state index is -3.46. The van der Waals surface area contributed by atoms with Crippen LogP contribution in [0.4, 0.5) is 10.1 Å². The van der Waals surface area contributed by atoms with Crippen molar-refractivity contribution in [1.82, 2.24) is 5.01 Å². The molecule has 31 heavy (non-hydrogen) atoms. The van der Waals surface area contributed by atoms with Gasteiger partial charge in [-0.1, -0.05) is 35.9 Å². The standard InChI is InChI=1S/C21H17ClFN3O3S2/c1-31(28,29)25-14-6-2-5-13(11-14)17-12-18(20-15(22)7-3-8-16(20)23)26(24-17)21(27)19-9-4-10-30-19/h2-11,18,25H,12H2,1H3/t18-/m1/s1. The average molecular weight is 478 g/mol. The summed E-state index contributed by atoms with van der Waals surface area (Å²) in [6.07, 6.45) is 1.28. The summed E-state index contributed by atoms with van der Waals surface area (Å²) in [5.41, 5.74) is 1.70. The molecule has 0 saturated carbocycles. The van der Waals surface area contributed by atoms with E-state index in [2.05, 4.69) is 9.82 Å². The van der Waals surface area contributed by atoms with Crippen molar-refractivity contribution in [1.29, 1.82) is 0 Å². The molecule has 1 N–H and O–H groups in total. The SMILES string of the molecule is CS(=O)(=O)Nc1cccc(C2=NN(C(=O)c3cccs3)[C@@H](c3c(F)cccc3Cl)C2)c1. The van der Waals surface area contributed by atoms with E-state index in [-0.39, 0.29) is 22.9 Å². The summed E-state index contributed by atoms with van der Waals surface area (Å²) in [6.45, 7) is 0. The molecule has 0 spiro atoms. The Balaban J connectivity index is 1.76. The van der Waals surface area contributed by atoms with Crippen molar-refractivity contribution in [3.05, 3.63) is 86.8 Å². The molecule has 6 nitrogen and oxygen atoms in total. The van der Waals surface area contributed by atoms with Crippen LogP contribution < -0.4 is 4.72 Å². The highest BCUT2D eigenvalue weighted by Crippen LogP contribution is 2.39. The van der Waals surface area contributed by atoms with E-state index >= 15 is 0 Å². The summed E-state index contributed by atoms with van der Waals surface area (Å²) in [7, 11) is -3.46. The highest BCUT2D eigenvalue weighted by Gasteiger charge is 2.36. The fraction of sp³-hybridized carbons (Fsp3) is 0.143. The number of nitrogens with one attached hydrogen (secondary N) is 1. The molecule has 0 aliphatic carbocycles. The molecule has 2 heterocycles. The molecule has 1 aromatic heterocycles. The van der Waals surface area contributed by atoms with Crippen molar-refractivity contribution in [3.63, 3.8) is 0 Å². The number of nitrogens with zero attached hydrogens (tertiary/aromatic N) is 2. The molecule has 3 aromatic rings. The van der Waals surface area contributed by atoms with E-state index < -0.39 is 21.9 Å². The number of carbonyl (C=O) groups is 1. The van der Waals surface area contributed by atoms with Gasteiger partial charge < -0.3 is 0 Å². The van der Waals surface area contributed by atoms with Crippen LogP contribution in [0.5, 0.6) is 0 Å². The Morgan fingerprint density at radius 2 is 2.00 bits per heavy atom. The van der Waals surface area contributed by atoms with Gasteiger partial charge in [-0.2, -0.15) is 5.10 Å². The lowest BCUT2D eigenvalue weighted by Crippen LogP contribution is -2.27. The molecule has 10 heteroatoms. The summed E-state index contributed by atoms with van der Waals surface area (Å²) in [5.74, 6) is -0.884. The number of halogens is 2. The number of thiophene rings is 1. The summed E-state index contributed by atoms with van der Waals surface area (Å²) in [4.78, 5) is 13.6. The molecular formula is C21H17ClFN3O3S2. The number of benzene rings is 2. The van der Waals surface area contributed by atoms with E-state index in [0.29, 0.717) is 21.8 Å². The normalized spacial score (nSPS) is 16.3. The third-order valence-corrected chi connectivity index (χ3v) is 6.48. The predicted octanol–water partition coefficient (Wildman–Crippen LogP) is 4.90. The third-order valence-electron chi connectivity index (χ3n) is 4.68. The first-order valence-corrected chi connectivity index (χ1v) is 12.3. The Morgan fingerprint density at radius 3 is 2.68 bits per heavy atom. The number of hydrazone groups is 1. The highest BCUT2D eigenvalue weighted by molar-refractivity contribution is 7.92. The molecule has 1 aliphatic heterocycles. The van der Waals surface area contributed by atoms with E-state index in [1.54, 1.807) is 47.8 Å². The monoisotopic (exact) mass is 477 g/mol. The van der Waals surface area contributed by atoms with Crippen molar-refractivity contribution in [2.24, 2.45) is 5.10 Å². The fourth-order valence-electron chi connectivity index (χ4n) is 3.42. The van der Waals surface area contributed by atoms with Gasteiger partial charge in [0.1, 0.15) is 5.82 Å². The molecule has 160 valence electrons. The zero-order valence-electron chi connectivity index (χ0n) is 16.2. The van der Waals surface area contributed by atoms with E-state index in [1.807, 2.05) is 0 Å². The Bertz CT molecular complexity index is 1260. The van der Waals surface area contributed by atoms with Gasteiger partial charge >= 0.3 is 0 Å². The smallest absolute Gasteiger partial charge is 0.284 e. The molecule has 1 amide bonds. The molecule has 1 atom stereocenters. The molecular weight excluding hydrogens is 461 g/mol. The van der Waals surface area contributed by atoms with E-state index in [1.165, 1.54) is 28.5 Å². The Hall–Kier alpha value is -2.75. The largest absolute Gasteiger partial charge is 0.284 e. The Morgan fingerprint density at radius 1 is 1.23 bits per heavy atom. The van der Waals surface area contributed by atoms with Crippen molar-refractivity contribution >= 4 is 50.3 Å². The zero-order chi connectivity index (χ0) is 22.2. The van der Waals surface area contributed by atoms with Crippen LogP contribution in [0, 0.1) is 5.82 Å². The molecule has 4 rings (SSSR count). The summed E-state index contributed by atoms with van der Waals surface area (Å²) >= 11 is 7.56. The second-order valence-corrected chi connectivity index (χ2v) is 10.1. The van der Waals surface area contributed by atoms with Gasteiger partial charge in [-0.25, -0.2) is 17.8 Å². The molecule has 0 bridgehead atoms. The zero-order valence-corrected chi connectivity index (χ0v) is 18.6. The maximum atomic E-state index is 14.7. The number of hydrogen-bond donors (Lipinski definition) is 1. The molecule has 0 radical (unpaired) electrons. The van der Waals surface area contributed by atoms with Gasteiger partial charge in [-0.05, 0) is 41.3 Å². The van der Waals surface area contributed by atoms with Crippen LogP contribution in [0.25, 0.3) is 0 Å². The number of hydrogen-bond acceptors (Lipinski definition) is 5. The molecule has 0 fully saturated rings. The number of rotatable bonds is 5. The van der Waals surface area contributed by atoms with Gasteiger partial charge in [0.05, 0.1) is 22.9 Å². The lowest BCUT2D eigenvalue weighted by atomic mass is 9.97.